The average Bonchev–Trinajstić information content (AvgIpc) is 4.00. The van der Waals surface area contributed by atoms with E-state index in [0.717, 1.165) is 39.2 Å². The van der Waals surface area contributed by atoms with E-state index < -0.39 is 0 Å². The van der Waals surface area contributed by atoms with Crippen molar-refractivity contribution in [3.8, 4) is 56.7 Å². The van der Waals surface area contributed by atoms with Gasteiger partial charge in [-0.3, -0.25) is 0 Å². The third kappa shape index (κ3) is 5.57. The Kier molecular flexibility index (Phi) is 7.64. The minimum absolute atomic E-state index is 0.640. The molecule has 12 rings (SSSR count). The normalized spacial score (nSPS) is 11.7. The molecule has 0 atom stereocenters. The van der Waals surface area contributed by atoms with Crippen molar-refractivity contribution in [1.29, 1.82) is 0 Å². The summed E-state index contributed by atoms with van der Waals surface area (Å²) in [7, 11) is 0. The van der Waals surface area contributed by atoms with Crippen molar-refractivity contribution >= 4 is 64.2 Å². The molecule has 0 amide bonds. The quantitative estimate of drug-likeness (QED) is 0.169. The van der Waals surface area contributed by atoms with Gasteiger partial charge in [-0.15, -0.1) is 11.3 Å². The van der Waals surface area contributed by atoms with Crippen LogP contribution in [0.4, 0.5) is 0 Å². The van der Waals surface area contributed by atoms with Gasteiger partial charge in [0.15, 0.2) is 17.5 Å². The number of para-hydroxylation sites is 1. The standard InChI is InChI=1S/C53H33N5S/c1-4-13-35(14-5-1)51-54-52(36-15-6-2-7-16-36)56-53(55-51)39-18-12-17-37(31-39)34-23-25-41(26-24-34)58-46-32-38-29-30-57(40-19-8-3-9-20-40)45(38)33-44(46)42-27-28-48-49(50(42)58)43-21-10-11-22-47(43)59-48/h1-33H. The summed E-state index contributed by atoms with van der Waals surface area (Å²) < 4.78 is 7.36. The molecule has 59 heavy (non-hydrogen) atoms. The van der Waals surface area contributed by atoms with Gasteiger partial charge in [0.25, 0.3) is 0 Å². The fourth-order valence-corrected chi connectivity index (χ4v) is 9.71. The van der Waals surface area contributed by atoms with Crippen LogP contribution in [0, 0.1) is 0 Å². The van der Waals surface area contributed by atoms with E-state index in [1.807, 2.05) is 72.0 Å². The lowest BCUT2D eigenvalue weighted by Gasteiger charge is -2.12. The van der Waals surface area contributed by atoms with E-state index in [-0.39, 0.29) is 0 Å². The highest BCUT2D eigenvalue weighted by Gasteiger charge is 2.20. The van der Waals surface area contributed by atoms with E-state index in [1.54, 1.807) is 0 Å². The van der Waals surface area contributed by atoms with Gasteiger partial charge in [0.1, 0.15) is 0 Å². The van der Waals surface area contributed by atoms with Crippen LogP contribution in [0.25, 0.3) is 110 Å². The number of hydrogen-bond donors (Lipinski definition) is 0. The van der Waals surface area contributed by atoms with Gasteiger partial charge in [-0.25, -0.2) is 15.0 Å². The zero-order chi connectivity index (χ0) is 38.9. The monoisotopic (exact) mass is 771 g/mol. The minimum atomic E-state index is 0.640. The SMILES string of the molecule is c1ccc(-c2nc(-c3ccccc3)nc(-c3cccc(-c4ccc(-n5c6cc7ccn(-c8ccccc8)c7cc6c6ccc7sc8ccccc8c7c65)cc4)c3)n2)cc1. The second-order valence-electron chi connectivity index (χ2n) is 14.9. The Labute approximate surface area is 343 Å². The molecule has 0 saturated carbocycles. The molecule has 0 unspecified atom stereocenters. The number of benzene rings is 8. The van der Waals surface area contributed by atoms with Crippen molar-refractivity contribution in [1.82, 2.24) is 24.1 Å². The van der Waals surface area contributed by atoms with Crippen LogP contribution in [0.15, 0.2) is 200 Å². The molecule has 0 aliphatic carbocycles. The summed E-state index contributed by atoms with van der Waals surface area (Å²) in [5.41, 5.74) is 10.9. The van der Waals surface area contributed by atoms with Crippen molar-refractivity contribution in [3.63, 3.8) is 0 Å². The van der Waals surface area contributed by atoms with Gasteiger partial charge in [-0.2, -0.15) is 0 Å². The molecule has 276 valence electrons. The van der Waals surface area contributed by atoms with Gasteiger partial charge in [-0.1, -0.05) is 133 Å². The number of thiophene rings is 1. The number of rotatable bonds is 6. The molecule has 0 radical (unpaired) electrons. The van der Waals surface area contributed by atoms with Crippen molar-refractivity contribution in [3.05, 3.63) is 200 Å². The topological polar surface area (TPSA) is 48.5 Å². The summed E-state index contributed by atoms with van der Waals surface area (Å²) in [6.07, 6.45) is 2.18. The maximum Gasteiger partial charge on any atom is 0.164 e. The highest BCUT2D eigenvalue weighted by Crippen LogP contribution is 2.44. The molecule has 0 saturated heterocycles. The van der Waals surface area contributed by atoms with Crippen LogP contribution in [0.2, 0.25) is 0 Å². The van der Waals surface area contributed by atoms with Gasteiger partial charge in [0.05, 0.1) is 16.6 Å². The van der Waals surface area contributed by atoms with E-state index in [4.69, 9.17) is 15.0 Å². The van der Waals surface area contributed by atoms with Crippen LogP contribution in [0.1, 0.15) is 0 Å². The van der Waals surface area contributed by atoms with Crippen LogP contribution in [-0.4, -0.2) is 24.1 Å². The number of hydrogen-bond acceptors (Lipinski definition) is 4. The lowest BCUT2D eigenvalue weighted by atomic mass is 10.0. The Morgan fingerprint density at radius 1 is 0.373 bits per heavy atom. The average molecular weight is 772 g/mol. The third-order valence-electron chi connectivity index (χ3n) is 11.4. The van der Waals surface area contributed by atoms with Crippen molar-refractivity contribution in [2.75, 3.05) is 0 Å². The summed E-state index contributed by atoms with van der Waals surface area (Å²) in [6, 6.07) is 68.7. The predicted octanol–water partition coefficient (Wildman–Crippen LogP) is 13.9. The molecule has 0 fully saturated rings. The maximum absolute atomic E-state index is 5.00. The van der Waals surface area contributed by atoms with Crippen molar-refractivity contribution in [2.45, 2.75) is 0 Å². The fraction of sp³-hybridized carbons (Fsp3) is 0. The maximum atomic E-state index is 5.00. The summed E-state index contributed by atoms with van der Waals surface area (Å²) in [6.45, 7) is 0. The first-order chi connectivity index (χ1) is 29.2. The summed E-state index contributed by atoms with van der Waals surface area (Å²) >= 11 is 1.86. The van der Waals surface area contributed by atoms with Crippen LogP contribution in [-0.2, 0) is 0 Å². The van der Waals surface area contributed by atoms with E-state index in [0.29, 0.717) is 17.5 Å². The van der Waals surface area contributed by atoms with Gasteiger partial charge >= 0.3 is 0 Å². The van der Waals surface area contributed by atoms with Gasteiger partial charge < -0.3 is 9.13 Å². The molecule has 5 nitrogen and oxygen atoms in total. The zero-order valence-electron chi connectivity index (χ0n) is 31.7. The van der Waals surface area contributed by atoms with Crippen LogP contribution < -0.4 is 0 Å². The van der Waals surface area contributed by atoms with E-state index in [1.165, 1.54) is 52.9 Å². The van der Waals surface area contributed by atoms with Crippen molar-refractivity contribution in [2.24, 2.45) is 0 Å². The van der Waals surface area contributed by atoms with Crippen LogP contribution in [0.5, 0.6) is 0 Å². The summed E-state index contributed by atoms with van der Waals surface area (Å²) in [5, 5.41) is 6.28. The minimum Gasteiger partial charge on any atom is -0.317 e. The van der Waals surface area contributed by atoms with Gasteiger partial charge in [-0.05, 0) is 71.8 Å². The molecule has 4 heterocycles. The third-order valence-corrected chi connectivity index (χ3v) is 12.5. The molecule has 0 spiro atoms. The van der Waals surface area contributed by atoms with Crippen molar-refractivity contribution < 1.29 is 0 Å². The number of nitrogens with zero attached hydrogens (tertiary/aromatic N) is 5. The molecule has 8 aromatic carbocycles. The Balaban J connectivity index is 1.01. The molecule has 0 N–H and O–H groups in total. The summed E-state index contributed by atoms with van der Waals surface area (Å²) in [4.78, 5) is 14.9. The smallest absolute Gasteiger partial charge is 0.164 e. The molecule has 0 aliphatic heterocycles. The lowest BCUT2D eigenvalue weighted by molar-refractivity contribution is 1.07. The Hall–Kier alpha value is -7.67. The van der Waals surface area contributed by atoms with Crippen LogP contribution >= 0.6 is 11.3 Å². The first kappa shape index (κ1) is 33.5. The largest absolute Gasteiger partial charge is 0.317 e. The molecule has 0 aliphatic rings. The van der Waals surface area contributed by atoms with Crippen LogP contribution in [0.3, 0.4) is 0 Å². The Morgan fingerprint density at radius 2 is 1.00 bits per heavy atom. The fourth-order valence-electron chi connectivity index (χ4n) is 8.60. The molecule has 0 bridgehead atoms. The Bertz CT molecular complexity index is 3470. The zero-order valence-corrected chi connectivity index (χ0v) is 32.5. The molecule has 12 aromatic rings. The number of aromatic nitrogens is 5. The first-order valence-corrected chi connectivity index (χ1v) is 20.6. The highest BCUT2D eigenvalue weighted by molar-refractivity contribution is 7.26. The highest BCUT2D eigenvalue weighted by atomic mass is 32.1. The van der Waals surface area contributed by atoms with Gasteiger partial charge in [0, 0.05) is 70.6 Å². The molecular weight excluding hydrogens is 739 g/mol. The second-order valence-corrected chi connectivity index (χ2v) is 16.0. The van der Waals surface area contributed by atoms with E-state index >= 15 is 0 Å². The first-order valence-electron chi connectivity index (χ1n) is 19.8. The lowest BCUT2D eigenvalue weighted by Crippen LogP contribution is -2.00. The Morgan fingerprint density at radius 3 is 1.73 bits per heavy atom. The van der Waals surface area contributed by atoms with E-state index in [9.17, 15) is 0 Å². The molecule has 4 aromatic heterocycles. The van der Waals surface area contributed by atoms with E-state index in [2.05, 4.69) is 149 Å². The predicted molar refractivity (Wildman–Crippen MR) is 246 cm³/mol. The molecule has 6 heteroatoms. The second kappa shape index (κ2) is 13.5. The molecular formula is C53H33N5S. The van der Waals surface area contributed by atoms with Gasteiger partial charge in [0.2, 0.25) is 0 Å². The summed E-state index contributed by atoms with van der Waals surface area (Å²) in [5.74, 6) is 1.94. The number of fused-ring (bicyclic) bond motifs is 8.